The van der Waals surface area contributed by atoms with Crippen LogP contribution in [0, 0.1) is 12.7 Å². The number of benzene rings is 1. The van der Waals surface area contributed by atoms with E-state index in [2.05, 4.69) is 19.7 Å². The summed E-state index contributed by atoms with van der Waals surface area (Å²) in [4.78, 5) is 16.8. The molecule has 1 aromatic heterocycles. The largest absolute Gasteiger partial charge is 0.491 e. The van der Waals surface area contributed by atoms with Crippen molar-refractivity contribution in [3.63, 3.8) is 0 Å². The normalized spacial score (nSPS) is 21.2. The van der Waals surface area contributed by atoms with Crippen LogP contribution in [0.15, 0.2) is 30.6 Å². The molecule has 162 valence electrons. The van der Waals surface area contributed by atoms with Crippen molar-refractivity contribution in [3.8, 4) is 5.75 Å². The molecule has 3 heterocycles. The number of amides is 1. The number of aromatic nitrogens is 3. The monoisotopic (exact) mass is 417 g/mol. The van der Waals surface area contributed by atoms with Crippen LogP contribution in [0.3, 0.4) is 0 Å². The van der Waals surface area contributed by atoms with Crippen molar-refractivity contribution in [2.75, 3.05) is 39.4 Å². The van der Waals surface area contributed by atoms with Gasteiger partial charge in [-0.1, -0.05) is 0 Å². The van der Waals surface area contributed by atoms with Gasteiger partial charge in [-0.25, -0.2) is 4.39 Å². The van der Waals surface area contributed by atoms with Gasteiger partial charge in [-0.05, 0) is 44.0 Å². The molecule has 2 aliphatic rings. The molecular formula is C21H28FN5O3. The molecule has 2 fully saturated rings. The first kappa shape index (κ1) is 20.7. The Morgan fingerprint density at radius 1 is 1.20 bits per heavy atom. The van der Waals surface area contributed by atoms with E-state index in [0.717, 1.165) is 44.8 Å². The minimum Gasteiger partial charge on any atom is -0.491 e. The molecule has 0 saturated carbocycles. The number of morpholine rings is 1. The summed E-state index contributed by atoms with van der Waals surface area (Å²) in [6, 6.07) is 6.16. The lowest BCUT2D eigenvalue weighted by Crippen LogP contribution is -2.55. The van der Waals surface area contributed by atoms with Crippen molar-refractivity contribution < 1.29 is 18.7 Å². The SMILES string of the molecule is Cc1nncn1CCN1CCC(N2C[C@@H](COc3ccc(F)cc3)OCC2=O)CC1. The predicted octanol–water partition coefficient (Wildman–Crippen LogP) is 1.50. The Balaban J connectivity index is 1.23. The minimum absolute atomic E-state index is 0.0478. The Hall–Kier alpha value is -2.52. The Labute approximate surface area is 175 Å². The summed E-state index contributed by atoms with van der Waals surface area (Å²) in [5, 5.41) is 7.94. The third kappa shape index (κ3) is 5.14. The summed E-state index contributed by atoms with van der Waals surface area (Å²) in [5.41, 5.74) is 0. The number of aryl methyl sites for hydroxylation is 1. The van der Waals surface area contributed by atoms with E-state index in [4.69, 9.17) is 9.47 Å². The Kier molecular flexibility index (Phi) is 6.59. The van der Waals surface area contributed by atoms with Crippen LogP contribution in [0.25, 0.3) is 0 Å². The summed E-state index contributed by atoms with van der Waals surface area (Å²) >= 11 is 0. The average molecular weight is 417 g/mol. The first-order valence-electron chi connectivity index (χ1n) is 10.4. The maximum Gasteiger partial charge on any atom is 0.248 e. The molecule has 1 amide bonds. The smallest absolute Gasteiger partial charge is 0.248 e. The van der Waals surface area contributed by atoms with Crippen molar-refractivity contribution in [2.45, 2.75) is 38.5 Å². The molecule has 0 bridgehead atoms. The van der Waals surface area contributed by atoms with Gasteiger partial charge in [0.05, 0.1) is 6.54 Å². The van der Waals surface area contributed by atoms with Crippen molar-refractivity contribution in [3.05, 3.63) is 42.2 Å². The van der Waals surface area contributed by atoms with E-state index in [1.807, 2.05) is 11.8 Å². The number of hydrogen-bond acceptors (Lipinski definition) is 6. The number of rotatable bonds is 7. The third-order valence-corrected chi connectivity index (χ3v) is 5.88. The topological polar surface area (TPSA) is 72.7 Å². The second-order valence-electron chi connectivity index (χ2n) is 7.89. The molecule has 1 aromatic carbocycles. The molecule has 0 radical (unpaired) electrons. The molecule has 2 aromatic rings. The molecule has 30 heavy (non-hydrogen) atoms. The summed E-state index contributed by atoms with van der Waals surface area (Å²) < 4.78 is 26.4. The van der Waals surface area contributed by atoms with Gasteiger partial charge in [0, 0.05) is 32.2 Å². The molecule has 2 saturated heterocycles. The quantitative estimate of drug-likeness (QED) is 0.680. The van der Waals surface area contributed by atoms with Gasteiger partial charge in [0.15, 0.2) is 0 Å². The van der Waals surface area contributed by atoms with Gasteiger partial charge in [-0.3, -0.25) is 4.79 Å². The van der Waals surface area contributed by atoms with Crippen molar-refractivity contribution >= 4 is 5.91 Å². The minimum atomic E-state index is -0.295. The fourth-order valence-electron chi connectivity index (χ4n) is 4.06. The van der Waals surface area contributed by atoms with Crippen LogP contribution in [0.2, 0.25) is 0 Å². The molecule has 4 rings (SSSR count). The van der Waals surface area contributed by atoms with Crippen LogP contribution in [-0.4, -0.2) is 82.0 Å². The van der Waals surface area contributed by atoms with Crippen LogP contribution in [0.5, 0.6) is 5.75 Å². The number of nitrogens with zero attached hydrogens (tertiary/aromatic N) is 5. The van der Waals surface area contributed by atoms with E-state index in [1.165, 1.54) is 12.1 Å². The van der Waals surface area contributed by atoms with Crippen LogP contribution < -0.4 is 4.74 Å². The second kappa shape index (κ2) is 9.53. The van der Waals surface area contributed by atoms with Gasteiger partial charge >= 0.3 is 0 Å². The summed E-state index contributed by atoms with van der Waals surface area (Å²) in [6.45, 7) is 6.68. The van der Waals surface area contributed by atoms with Gasteiger partial charge in [0.25, 0.3) is 0 Å². The molecule has 8 nitrogen and oxygen atoms in total. The Morgan fingerprint density at radius 2 is 1.97 bits per heavy atom. The van der Waals surface area contributed by atoms with E-state index < -0.39 is 0 Å². The van der Waals surface area contributed by atoms with E-state index in [0.29, 0.717) is 18.9 Å². The number of carbonyl (C=O) groups is 1. The average Bonchev–Trinajstić information content (AvgIpc) is 3.18. The highest BCUT2D eigenvalue weighted by molar-refractivity contribution is 5.78. The Morgan fingerprint density at radius 3 is 2.67 bits per heavy atom. The summed E-state index contributed by atoms with van der Waals surface area (Å²) in [7, 11) is 0. The number of halogens is 1. The second-order valence-corrected chi connectivity index (χ2v) is 7.89. The number of piperidine rings is 1. The lowest BCUT2D eigenvalue weighted by atomic mass is 10.0. The third-order valence-electron chi connectivity index (χ3n) is 5.88. The molecule has 0 unspecified atom stereocenters. The highest BCUT2D eigenvalue weighted by Gasteiger charge is 2.33. The first-order chi connectivity index (χ1) is 14.6. The van der Waals surface area contributed by atoms with Crippen LogP contribution in [-0.2, 0) is 16.1 Å². The standard InChI is InChI=1S/C21H28FN5O3/c1-16-24-23-15-26(16)11-10-25-8-6-18(7-9-25)27-12-20(30-14-21(27)28)13-29-19-4-2-17(22)3-5-19/h2-5,15,18,20H,6-14H2,1H3/t20-/m0/s1. The van der Waals surface area contributed by atoms with Crippen molar-refractivity contribution in [2.24, 2.45) is 0 Å². The van der Waals surface area contributed by atoms with Gasteiger partial charge < -0.3 is 23.8 Å². The lowest BCUT2D eigenvalue weighted by molar-refractivity contribution is -0.155. The number of likely N-dealkylation sites (tertiary alicyclic amines) is 1. The number of carbonyl (C=O) groups excluding carboxylic acids is 1. The molecule has 2 aliphatic heterocycles. The van der Waals surface area contributed by atoms with Gasteiger partial charge in [0.1, 0.15) is 43.0 Å². The fourth-order valence-corrected chi connectivity index (χ4v) is 4.06. The highest BCUT2D eigenvalue weighted by atomic mass is 19.1. The van der Waals surface area contributed by atoms with E-state index in [1.54, 1.807) is 18.5 Å². The van der Waals surface area contributed by atoms with E-state index >= 15 is 0 Å². The zero-order chi connectivity index (χ0) is 20.9. The summed E-state index contributed by atoms with van der Waals surface area (Å²) in [6.07, 6.45) is 3.50. The predicted molar refractivity (Wildman–Crippen MR) is 108 cm³/mol. The first-order valence-corrected chi connectivity index (χ1v) is 10.4. The molecule has 9 heteroatoms. The zero-order valence-corrected chi connectivity index (χ0v) is 17.2. The fraction of sp³-hybridized carbons (Fsp3) is 0.571. The Bertz CT molecular complexity index is 835. The summed E-state index contributed by atoms with van der Waals surface area (Å²) in [5.74, 6) is 1.28. The number of ether oxygens (including phenoxy) is 2. The van der Waals surface area contributed by atoms with Crippen LogP contribution >= 0.6 is 0 Å². The van der Waals surface area contributed by atoms with Gasteiger partial charge in [-0.2, -0.15) is 0 Å². The molecule has 0 spiro atoms. The molecule has 0 aliphatic carbocycles. The van der Waals surface area contributed by atoms with E-state index in [-0.39, 0.29) is 30.5 Å². The number of hydrogen-bond donors (Lipinski definition) is 0. The van der Waals surface area contributed by atoms with Gasteiger partial charge in [0.2, 0.25) is 5.91 Å². The molecule has 1 atom stereocenters. The zero-order valence-electron chi connectivity index (χ0n) is 17.2. The van der Waals surface area contributed by atoms with E-state index in [9.17, 15) is 9.18 Å². The molecular weight excluding hydrogens is 389 g/mol. The van der Waals surface area contributed by atoms with Crippen LogP contribution in [0.1, 0.15) is 18.7 Å². The van der Waals surface area contributed by atoms with Crippen molar-refractivity contribution in [1.29, 1.82) is 0 Å². The van der Waals surface area contributed by atoms with Crippen molar-refractivity contribution in [1.82, 2.24) is 24.6 Å². The maximum atomic E-state index is 13.0. The van der Waals surface area contributed by atoms with Gasteiger partial charge in [-0.15, -0.1) is 10.2 Å². The molecule has 0 N–H and O–H groups in total. The lowest BCUT2D eigenvalue weighted by Gasteiger charge is -2.42. The highest BCUT2D eigenvalue weighted by Crippen LogP contribution is 2.21. The van der Waals surface area contributed by atoms with Crippen LogP contribution in [0.4, 0.5) is 4.39 Å². The maximum absolute atomic E-state index is 13.0.